The highest BCUT2D eigenvalue weighted by Gasteiger charge is 2.16. The molecule has 0 radical (unpaired) electrons. The van der Waals surface area contributed by atoms with Crippen molar-refractivity contribution in [1.29, 1.82) is 0 Å². The Labute approximate surface area is 96.3 Å². The Morgan fingerprint density at radius 1 is 1.50 bits per heavy atom. The molecule has 0 saturated carbocycles. The normalized spacial score (nSPS) is 9.69. The molecule has 0 heterocycles. The molecule has 0 saturated heterocycles. The first-order valence-electron chi connectivity index (χ1n) is 4.47. The Morgan fingerprint density at radius 3 is 2.81 bits per heavy atom. The molecule has 6 heteroatoms. The lowest BCUT2D eigenvalue weighted by Gasteiger charge is -2.05. The summed E-state index contributed by atoms with van der Waals surface area (Å²) in [5.74, 6) is -2.79. The smallest absolute Gasteiger partial charge is 0.397 e. The third-order valence-electron chi connectivity index (χ3n) is 1.64. The number of hydrogen-bond acceptors (Lipinski definition) is 3. The molecular formula is C10H9ClFNO3. The molecule has 0 aliphatic heterocycles. The molecule has 1 amide bonds. The van der Waals surface area contributed by atoms with Gasteiger partial charge < -0.3 is 10.1 Å². The fourth-order valence-corrected chi connectivity index (χ4v) is 1.14. The molecule has 0 fully saturated rings. The molecule has 1 aromatic rings. The van der Waals surface area contributed by atoms with Crippen molar-refractivity contribution in [2.45, 2.75) is 6.92 Å². The zero-order valence-corrected chi connectivity index (χ0v) is 9.18. The van der Waals surface area contributed by atoms with Crippen molar-refractivity contribution in [3.05, 3.63) is 29.0 Å². The van der Waals surface area contributed by atoms with Gasteiger partial charge in [0.25, 0.3) is 0 Å². The lowest BCUT2D eigenvalue weighted by atomic mass is 10.3. The number of anilines is 1. The van der Waals surface area contributed by atoms with Gasteiger partial charge in [-0.2, -0.15) is 0 Å². The van der Waals surface area contributed by atoms with E-state index in [0.717, 1.165) is 6.07 Å². The largest absolute Gasteiger partial charge is 0.459 e. The van der Waals surface area contributed by atoms with Gasteiger partial charge in [-0.25, -0.2) is 9.18 Å². The van der Waals surface area contributed by atoms with Crippen molar-refractivity contribution in [3.8, 4) is 0 Å². The minimum atomic E-state index is -1.07. The second-order valence-electron chi connectivity index (χ2n) is 2.80. The van der Waals surface area contributed by atoms with Gasteiger partial charge in [0.15, 0.2) is 0 Å². The van der Waals surface area contributed by atoms with Crippen LogP contribution in [-0.2, 0) is 14.3 Å². The first-order chi connectivity index (χ1) is 7.54. The van der Waals surface area contributed by atoms with E-state index >= 15 is 0 Å². The van der Waals surface area contributed by atoms with Gasteiger partial charge >= 0.3 is 11.9 Å². The third-order valence-corrected chi connectivity index (χ3v) is 1.87. The lowest BCUT2D eigenvalue weighted by molar-refractivity contribution is -0.152. The van der Waals surface area contributed by atoms with E-state index in [1.807, 2.05) is 0 Å². The molecular weight excluding hydrogens is 237 g/mol. The monoisotopic (exact) mass is 245 g/mol. The number of esters is 1. The maximum absolute atomic E-state index is 13.2. The van der Waals surface area contributed by atoms with Crippen LogP contribution in [0.1, 0.15) is 6.92 Å². The van der Waals surface area contributed by atoms with Crippen molar-refractivity contribution in [3.63, 3.8) is 0 Å². The van der Waals surface area contributed by atoms with Crippen LogP contribution in [0.2, 0.25) is 5.02 Å². The molecule has 0 aliphatic rings. The van der Waals surface area contributed by atoms with Crippen molar-refractivity contribution < 1.29 is 18.7 Å². The Balaban J connectivity index is 2.76. The topological polar surface area (TPSA) is 55.4 Å². The zero-order chi connectivity index (χ0) is 12.1. The van der Waals surface area contributed by atoms with Gasteiger partial charge in [-0.1, -0.05) is 11.6 Å². The average molecular weight is 246 g/mol. The van der Waals surface area contributed by atoms with E-state index in [1.54, 1.807) is 6.92 Å². The molecule has 0 aromatic heterocycles. The highest BCUT2D eigenvalue weighted by Crippen LogP contribution is 2.19. The predicted octanol–water partition coefficient (Wildman–Crippen LogP) is 1.98. The van der Waals surface area contributed by atoms with Gasteiger partial charge in [-0.3, -0.25) is 4.79 Å². The number of hydrogen-bond donors (Lipinski definition) is 1. The number of benzene rings is 1. The highest BCUT2D eigenvalue weighted by atomic mass is 35.5. The number of carbonyl (C=O) groups excluding carboxylic acids is 2. The first-order valence-corrected chi connectivity index (χ1v) is 4.85. The fraction of sp³-hybridized carbons (Fsp3) is 0.200. The van der Waals surface area contributed by atoms with Crippen LogP contribution < -0.4 is 5.32 Å². The molecule has 0 atom stereocenters. The molecule has 0 bridgehead atoms. The Hall–Kier alpha value is -1.62. The van der Waals surface area contributed by atoms with Crippen molar-refractivity contribution in [1.82, 2.24) is 0 Å². The molecule has 16 heavy (non-hydrogen) atoms. The van der Waals surface area contributed by atoms with Gasteiger partial charge in [0.05, 0.1) is 12.3 Å². The van der Waals surface area contributed by atoms with Crippen molar-refractivity contribution in [2.24, 2.45) is 0 Å². The maximum Gasteiger partial charge on any atom is 0.397 e. The van der Waals surface area contributed by atoms with E-state index in [2.05, 4.69) is 10.1 Å². The SMILES string of the molecule is CCOC(=O)C(=O)Nc1cc(Cl)ccc1F. The van der Waals surface area contributed by atoms with E-state index in [4.69, 9.17) is 11.6 Å². The fourth-order valence-electron chi connectivity index (χ4n) is 0.963. The summed E-state index contributed by atoms with van der Waals surface area (Å²) in [5.41, 5.74) is -0.162. The molecule has 86 valence electrons. The Bertz CT molecular complexity index is 423. The van der Waals surface area contributed by atoms with Crippen LogP contribution in [-0.4, -0.2) is 18.5 Å². The van der Waals surface area contributed by atoms with Crippen LogP contribution in [0, 0.1) is 5.82 Å². The third kappa shape index (κ3) is 3.20. The molecule has 0 aliphatic carbocycles. The summed E-state index contributed by atoms with van der Waals surface area (Å²) in [6.07, 6.45) is 0. The van der Waals surface area contributed by atoms with Gasteiger partial charge in [0.1, 0.15) is 5.82 Å². The van der Waals surface area contributed by atoms with E-state index in [-0.39, 0.29) is 17.3 Å². The van der Waals surface area contributed by atoms with Gasteiger partial charge in [-0.05, 0) is 25.1 Å². The maximum atomic E-state index is 13.2. The number of rotatable bonds is 2. The van der Waals surface area contributed by atoms with Gasteiger partial charge in [-0.15, -0.1) is 0 Å². The molecule has 4 nitrogen and oxygen atoms in total. The van der Waals surface area contributed by atoms with E-state index < -0.39 is 17.7 Å². The summed E-state index contributed by atoms with van der Waals surface area (Å²) in [6.45, 7) is 1.63. The first kappa shape index (κ1) is 12.4. The Morgan fingerprint density at radius 2 is 2.19 bits per heavy atom. The molecule has 1 N–H and O–H groups in total. The standard InChI is InChI=1S/C10H9ClFNO3/c1-2-16-10(15)9(14)13-8-5-6(11)3-4-7(8)12/h3-5H,2H2,1H3,(H,13,14). The van der Waals surface area contributed by atoms with E-state index in [9.17, 15) is 14.0 Å². The van der Waals surface area contributed by atoms with E-state index in [0.29, 0.717) is 0 Å². The molecule has 0 spiro atoms. The second kappa shape index (κ2) is 5.46. The van der Waals surface area contributed by atoms with Crippen molar-refractivity contribution >= 4 is 29.2 Å². The van der Waals surface area contributed by atoms with Crippen molar-refractivity contribution in [2.75, 3.05) is 11.9 Å². The van der Waals surface area contributed by atoms with Crippen LogP contribution in [0.15, 0.2) is 18.2 Å². The summed E-state index contributed by atoms with van der Waals surface area (Å²) in [4.78, 5) is 22.1. The summed E-state index contributed by atoms with van der Waals surface area (Å²) in [6, 6.07) is 3.62. The number of nitrogens with one attached hydrogen (secondary N) is 1. The number of ether oxygens (including phenoxy) is 1. The second-order valence-corrected chi connectivity index (χ2v) is 3.24. The predicted molar refractivity (Wildman–Crippen MR) is 56.7 cm³/mol. The minimum Gasteiger partial charge on any atom is -0.459 e. The quantitative estimate of drug-likeness (QED) is 0.640. The lowest BCUT2D eigenvalue weighted by Crippen LogP contribution is -2.25. The average Bonchev–Trinajstić information content (AvgIpc) is 2.23. The summed E-state index contributed by atoms with van der Waals surface area (Å²) in [7, 11) is 0. The summed E-state index contributed by atoms with van der Waals surface area (Å²) < 4.78 is 17.6. The highest BCUT2D eigenvalue weighted by molar-refractivity contribution is 6.37. The summed E-state index contributed by atoms with van der Waals surface area (Å²) >= 11 is 5.61. The molecule has 0 unspecified atom stereocenters. The van der Waals surface area contributed by atoms with Crippen LogP contribution in [0.25, 0.3) is 0 Å². The Kier molecular flexibility index (Phi) is 4.25. The van der Waals surface area contributed by atoms with Crippen LogP contribution in [0.4, 0.5) is 10.1 Å². The number of halogens is 2. The number of carbonyl (C=O) groups is 2. The van der Waals surface area contributed by atoms with Gasteiger partial charge in [0, 0.05) is 5.02 Å². The molecule has 1 aromatic carbocycles. The van der Waals surface area contributed by atoms with Crippen LogP contribution >= 0.6 is 11.6 Å². The molecule has 1 rings (SSSR count). The van der Waals surface area contributed by atoms with Crippen LogP contribution in [0.3, 0.4) is 0 Å². The van der Waals surface area contributed by atoms with Gasteiger partial charge in [0.2, 0.25) is 0 Å². The minimum absolute atomic E-state index is 0.0737. The summed E-state index contributed by atoms with van der Waals surface area (Å²) in [5, 5.41) is 2.31. The number of amides is 1. The van der Waals surface area contributed by atoms with Crippen LogP contribution in [0.5, 0.6) is 0 Å². The zero-order valence-electron chi connectivity index (χ0n) is 8.42. The van der Waals surface area contributed by atoms with E-state index in [1.165, 1.54) is 12.1 Å².